The van der Waals surface area contributed by atoms with E-state index in [1.807, 2.05) is 0 Å². The third kappa shape index (κ3) is 2.86. The van der Waals surface area contributed by atoms with Gasteiger partial charge in [-0.15, -0.1) is 0 Å². The second-order valence-corrected chi connectivity index (χ2v) is 8.53. The summed E-state index contributed by atoms with van der Waals surface area (Å²) >= 11 is 1.31. The third-order valence-electron chi connectivity index (χ3n) is 3.57. The number of nitrogens with zero attached hydrogens (tertiary/aromatic N) is 3. The molecule has 0 atom stereocenters. The summed E-state index contributed by atoms with van der Waals surface area (Å²) in [6.07, 6.45) is 4.42. The van der Waals surface area contributed by atoms with Crippen molar-refractivity contribution in [3.63, 3.8) is 0 Å². The Labute approximate surface area is 124 Å². The maximum atomic E-state index is 11.4. The van der Waals surface area contributed by atoms with E-state index in [4.69, 9.17) is 0 Å². The predicted molar refractivity (Wildman–Crippen MR) is 79.6 cm³/mol. The molecule has 0 spiro atoms. The van der Waals surface area contributed by atoms with Gasteiger partial charge in [0, 0.05) is 23.6 Å². The van der Waals surface area contributed by atoms with Crippen LogP contribution in [0.4, 0.5) is 11.6 Å². The lowest BCUT2D eigenvalue weighted by Crippen LogP contribution is -2.24. The molecule has 0 amide bonds. The number of anilines is 1. The number of sulfone groups is 1. The average Bonchev–Trinajstić information content (AvgIpc) is 2.81. The van der Waals surface area contributed by atoms with Crippen LogP contribution in [0.15, 0.2) is 11.6 Å². The van der Waals surface area contributed by atoms with Gasteiger partial charge in [0.25, 0.3) is 4.96 Å². The predicted octanol–water partition coefficient (Wildman–Crippen LogP) is 1.54. The van der Waals surface area contributed by atoms with Gasteiger partial charge in [-0.05, 0) is 17.8 Å². The number of aromatic nitrogens is 2. The molecule has 1 saturated carbocycles. The average molecular weight is 330 g/mol. The summed E-state index contributed by atoms with van der Waals surface area (Å²) in [7, 11) is -3.06. The van der Waals surface area contributed by atoms with Gasteiger partial charge < -0.3 is 15.4 Å². The summed E-state index contributed by atoms with van der Waals surface area (Å²) in [5.41, 5.74) is -0.307. The van der Waals surface area contributed by atoms with Gasteiger partial charge in [0.1, 0.15) is 16.0 Å². The zero-order chi connectivity index (χ0) is 15.3. The highest BCUT2D eigenvalue weighted by atomic mass is 32.2. The van der Waals surface area contributed by atoms with Crippen molar-refractivity contribution in [1.29, 1.82) is 0 Å². The summed E-state index contributed by atoms with van der Waals surface area (Å²) < 4.78 is 24.3. The highest BCUT2D eigenvalue weighted by Gasteiger charge is 2.45. The number of nitro groups is 1. The van der Waals surface area contributed by atoms with Gasteiger partial charge in [-0.2, -0.15) is 9.38 Å². The Balaban J connectivity index is 1.81. The van der Waals surface area contributed by atoms with Crippen molar-refractivity contribution < 1.29 is 13.3 Å². The molecule has 1 aliphatic rings. The van der Waals surface area contributed by atoms with E-state index in [1.165, 1.54) is 22.0 Å². The molecule has 1 N–H and O–H groups in total. The minimum absolute atomic E-state index is 0.100. The maximum absolute atomic E-state index is 11.4. The fourth-order valence-electron chi connectivity index (χ4n) is 2.44. The van der Waals surface area contributed by atoms with Gasteiger partial charge >= 0.3 is 5.82 Å². The zero-order valence-corrected chi connectivity index (χ0v) is 12.9. The fourth-order valence-corrected chi connectivity index (χ4v) is 4.66. The highest BCUT2D eigenvalue weighted by molar-refractivity contribution is 7.90. The van der Waals surface area contributed by atoms with E-state index < -0.39 is 14.8 Å². The summed E-state index contributed by atoms with van der Waals surface area (Å²) in [4.78, 5) is 15.4. The van der Waals surface area contributed by atoms with Crippen LogP contribution in [0.1, 0.15) is 12.8 Å². The summed E-state index contributed by atoms with van der Waals surface area (Å²) in [5, 5.41) is 15.9. The van der Waals surface area contributed by atoms with E-state index in [-0.39, 0.29) is 22.8 Å². The number of imidazole rings is 1. The van der Waals surface area contributed by atoms with Gasteiger partial charge in [0.05, 0.1) is 5.75 Å². The normalized spacial score (nSPS) is 17.0. The van der Waals surface area contributed by atoms with E-state index in [9.17, 15) is 18.5 Å². The lowest BCUT2D eigenvalue weighted by atomic mass is 10.1. The van der Waals surface area contributed by atoms with Crippen LogP contribution in [0.3, 0.4) is 0 Å². The van der Waals surface area contributed by atoms with E-state index >= 15 is 0 Å². The summed E-state index contributed by atoms with van der Waals surface area (Å²) in [6.45, 7) is 0.381. The number of hydrogen-bond acceptors (Lipinski definition) is 7. The van der Waals surface area contributed by atoms with Crippen molar-refractivity contribution in [2.75, 3.05) is 23.9 Å². The molecule has 21 heavy (non-hydrogen) atoms. The molecule has 2 heterocycles. The number of thiazole rings is 1. The van der Waals surface area contributed by atoms with E-state index in [2.05, 4.69) is 10.3 Å². The number of rotatable bonds is 6. The smallest absolute Gasteiger partial charge is 0.362 e. The molecule has 0 aliphatic heterocycles. The van der Waals surface area contributed by atoms with Gasteiger partial charge in [0.2, 0.25) is 5.82 Å². The highest BCUT2D eigenvalue weighted by Crippen LogP contribution is 2.47. The minimum Gasteiger partial charge on any atom is -0.362 e. The van der Waals surface area contributed by atoms with Crippen molar-refractivity contribution in [3.8, 4) is 0 Å². The van der Waals surface area contributed by atoms with Crippen LogP contribution >= 0.6 is 11.3 Å². The maximum Gasteiger partial charge on any atom is 0.372 e. The molecular formula is C11H14N4O4S2. The molecule has 2 aromatic rings. The first-order valence-electron chi connectivity index (χ1n) is 6.31. The van der Waals surface area contributed by atoms with Gasteiger partial charge in [-0.3, -0.25) is 0 Å². The first-order chi connectivity index (χ1) is 9.80. The van der Waals surface area contributed by atoms with E-state index in [0.717, 1.165) is 12.8 Å². The fraction of sp³-hybridized carbons (Fsp3) is 0.545. The van der Waals surface area contributed by atoms with Crippen LogP contribution < -0.4 is 5.32 Å². The third-order valence-corrected chi connectivity index (χ3v) is 5.46. The van der Waals surface area contributed by atoms with Crippen LogP contribution in [-0.4, -0.2) is 41.3 Å². The standard InChI is InChI=1S/C11H14N4O4S2/c1-21(18,19)7-11(2-3-11)6-12-8-9(15(16)17)14-4-5-20-10(14)13-8/h4-5,12H,2-3,6-7H2,1H3. The van der Waals surface area contributed by atoms with Crippen LogP contribution in [0.25, 0.3) is 4.96 Å². The quantitative estimate of drug-likeness (QED) is 0.636. The molecule has 0 aromatic carbocycles. The van der Waals surface area contributed by atoms with E-state index in [0.29, 0.717) is 11.5 Å². The topological polar surface area (TPSA) is 107 Å². The molecular weight excluding hydrogens is 316 g/mol. The van der Waals surface area contributed by atoms with E-state index in [1.54, 1.807) is 11.6 Å². The molecule has 1 aliphatic carbocycles. The Hall–Kier alpha value is -1.68. The van der Waals surface area contributed by atoms with Crippen molar-refractivity contribution in [3.05, 3.63) is 21.7 Å². The lowest BCUT2D eigenvalue weighted by molar-refractivity contribution is -0.389. The Kier molecular flexibility index (Phi) is 3.17. The molecule has 0 saturated heterocycles. The van der Waals surface area contributed by atoms with Crippen molar-refractivity contribution in [2.45, 2.75) is 12.8 Å². The summed E-state index contributed by atoms with van der Waals surface area (Å²) in [5.74, 6) is 0.191. The van der Waals surface area contributed by atoms with Crippen molar-refractivity contribution in [1.82, 2.24) is 9.38 Å². The number of nitrogens with one attached hydrogen (secondary N) is 1. The lowest BCUT2D eigenvalue weighted by Gasteiger charge is -2.14. The first-order valence-corrected chi connectivity index (χ1v) is 9.25. The molecule has 8 nitrogen and oxygen atoms in total. The molecule has 10 heteroatoms. The molecule has 0 unspecified atom stereocenters. The summed E-state index contributed by atoms with van der Waals surface area (Å²) in [6, 6.07) is 0. The molecule has 2 aromatic heterocycles. The Bertz CT molecular complexity index is 803. The Morgan fingerprint density at radius 3 is 2.86 bits per heavy atom. The van der Waals surface area contributed by atoms with Crippen LogP contribution in [0.2, 0.25) is 0 Å². The van der Waals surface area contributed by atoms with Crippen LogP contribution in [0.5, 0.6) is 0 Å². The molecule has 1 fully saturated rings. The Morgan fingerprint density at radius 1 is 1.57 bits per heavy atom. The first kappa shape index (κ1) is 14.3. The van der Waals surface area contributed by atoms with Crippen LogP contribution in [-0.2, 0) is 9.84 Å². The molecule has 3 rings (SSSR count). The molecule has 114 valence electrons. The molecule has 0 radical (unpaired) electrons. The van der Waals surface area contributed by atoms with Crippen molar-refractivity contribution in [2.24, 2.45) is 5.41 Å². The second-order valence-electron chi connectivity index (χ2n) is 5.52. The van der Waals surface area contributed by atoms with Gasteiger partial charge in [-0.1, -0.05) is 11.3 Å². The van der Waals surface area contributed by atoms with Crippen molar-refractivity contribution >= 4 is 37.8 Å². The number of fused-ring (bicyclic) bond motifs is 1. The molecule has 0 bridgehead atoms. The largest absolute Gasteiger partial charge is 0.372 e. The monoisotopic (exact) mass is 330 g/mol. The SMILES string of the molecule is CS(=O)(=O)CC1(CNc2nc3sccn3c2[N+](=O)[O-])CC1. The van der Waals surface area contributed by atoms with Gasteiger partial charge in [-0.25, -0.2) is 8.42 Å². The van der Waals surface area contributed by atoms with Crippen LogP contribution in [0, 0.1) is 15.5 Å². The minimum atomic E-state index is -3.06. The number of hydrogen-bond donors (Lipinski definition) is 1. The Morgan fingerprint density at radius 2 is 2.29 bits per heavy atom. The van der Waals surface area contributed by atoms with Gasteiger partial charge in [0.15, 0.2) is 0 Å². The second kappa shape index (κ2) is 4.67. The zero-order valence-electron chi connectivity index (χ0n) is 11.3.